The van der Waals surface area contributed by atoms with Crippen molar-refractivity contribution in [1.82, 2.24) is 0 Å². The van der Waals surface area contributed by atoms with Crippen LogP contribution >= 0.6 is 0 Å². The zero-order chi connectivity index (χ0) is 15.5. The van der Waals surface area contributed by atoms with Crippen LogP contribution in [0.2, 0.25) is 0 Å². The first kappa shape index (κ1) is 15.5. The molecule has 1 rings (SSSR count). The molecule has 0 aliphatic heterocycles. The Labute approximate surface area is 110 Å². The molecule has 0 aromatic heterocycles. The van der Waals surface area contributed by atoms with E-state index in [1.54, 1.807) is 0 Å². The Morgan fingerprint density at radius 3 is 2.60 bits per heavy atom. The molecule has 0 aliphatic carbocycles. The number of nitrogens with zero attached hydrogens (tertiary/aromatic N) is 2. The van der Waals surface area contributed by atoms with Crippen LogP contribution in [0.5, 0.6) is 5.75 Å². The second-order valence-electron chi connectivity index (χ2n) is 3.72. The van der Waals surface area contributed by atoms with Gasteiger partial charge in [0.25, 0.3) is 0 Å². The molecular formula is C10H10F3N3O4. The van der Waals surface area contributed by atoms with Crippen LogP contribution in [0.15, 0.2) is 23.4 Å². The van der Waals surface area contributed by atoms with E-state index in [1.807, 2.05) is 0 Å². The van der Waals surface area contributed by atoms with Gasteiger partial charge in [0.05, 0.1) is 10.5 Å². The molecule has 1 atom stereocenters. The van der Waals surface area contributed by atoms with Crippen LogP contribution in [0, 0.1) is 10.1 Å². The van der Waals surface area contributed by atoms with Gasteiger partial charge in [0.2, 0.25) is 0 Å². The monoisotopic (exact) mass is 293 g/mol. The summed E-state index contributed by atoms with van der Waals surface area (Å²) < 4.78 is 42.4. The molecule has 1 aromatic carbocycles. The lowest BCUT2D eigenvalue weighted by Crippen LogP contribution is -2.31. The Morgan fingerprint density at radius 1 is 1.55 bits per heavy atom. The Balaban J connectivity index is 3.18. The molecule has 0 bridgehead atoms. The van der Waals surface area contributed by atoms with Crippen molar-refractivity contribution in [3.8, 4) is 5.75 Å². The number of ether oxygens (including phenoxy) is 1. The van der Waals surface area contributed by atoms with Gasteiger partial charge < -0.3 is 15.7 Å². The van der Waals surface area contributed by atoms with E-state index >= 15 is 0 Å². The number of nitro groups is 1. The van der Waals surface area contributed by atoms with Gasteiger partial charge in [-0.3, -0.25) is 10.1 Å². The van der Waals surface area contributed by atoms with E-state index in [2.05, 4.69) is 5.16 Å². The fourth-order valence-corrected chi connectivity index (χ4v) is 1.27. The molecule has 0 radical (unpaired) electrons. The second-order valence-corrected chi connectivity index (χ2v) is 3.72. The van der Waals surface area contributed by atoms with E-state index in [4.69, 9.17) is 15.7 Å². The smallest absolute Gasteiger partial charge is 0.416 e. The normalized spacial score (nSPS) is 13.9. The molecule has 0 amide bonds. The van der Waals surface area contributed by atoms with Gasteiger partial charge in [-0.15, -0.1) is 0 Å². The lowest BCUT2D eigenvalue weighted by molar-refractivity contribution is -0.386. The third kappa shape index (κ3) is 3.49. The van der Waals surface area contributed by atoms with E-state index in [1.165, 1.54) is 6.92 Å². The molecule has 0 heterocycles. The maximum absolute atomic E-state index is 12.5. The van der Waals surface area contributed by atoms with Crippen molar-refractivity contribution in [1.29, 1.82) is 0 Å². The molecule has 7 nitrogen and oxygen atoms in total. The molecular weight excluding hydrogens is 283 g/mol. The maximum atomic E-state index is 12.5. The van der Waals surface area contributed by atoms with Crippen LogP contribution < -0.4 is 10.5 Å². The molecule has 0 aliphatic rings. The predicted molar refractivity (Wildman–Crippen MR) is 61.6 cm³/mol. The number of alkyl halides is 3. The fraction of sp³-hybridized carbons (Fsp3) is 0.300. The van der Waals surface area contributed by atoms with Gasteiger partial charge in [0, 0.05) is 6.07 Å². The first-order valence-electron chi connectivity index (χ1n) is 5.16. The van der Waals surface area contributed by atoms with Crippen molar-refractivity contribution in [2.24, 2.45) is 10.9 Å². The number of rotatable bonds is 4. The van der Waals surface area contributed by atoms with Crippen LogP contribution in [0.3, 0.4) is 0 Å². The molecule has 1 unspecified atom stereocenters. The fourth-order valence-electron chi connectivity index (χ4n) is 1.27. The van der Waals surface area contributed by atoms with Crippen LogP contribution in [0.4, 0.5) is 18.9 Å². The number of nitro benzene ring substituents is 1. The average molecular weight is 293 g/mol. The highest BCUT2D eigenvalue weighted by molar-refractivity contribution is 5.84. The van der Waals surface area contributed by atoms with Crippen LogP contribution in [0.1, 0.15) is 12.5 Å². The summed E-state index contributed by atoms with van der Waals surface area (Å²) in [6.07, 6.45) is -5.75. The van der Waals surface area contributed by atoms with Gasteiger partial charge >= 0.3 is 11.9 Å². The van der Waals surface area contributed by atoms with Crippen molar-refractivity contribution >= 4 is 11.5 Å². The van der Waals surface area contributed by atoms with Crippen molar-refractivity contribution in [2.75, 3.05) is 0 Å². The standard InChI is InChI=1S/C10H10F3N3O4/c1-5(9(14)15-17)20-8-3-2-6(10(11,12)13)4-7(8)16(18)19/h2-5,17H,1H3,(H2,14,15). The number of amidine groups is 1. The molecule has 0 saturated heterocycles. The summed E-state index contributed by atoms with van der Waals surface area (Å²) in [4.78, 5) is 9.76. The van der Waals surface area contributed by atoms with Crippen LogP contribution in [0.25, 0.3) is 0 Å². The number of hydrogen-bond acceptors (Lipinski definition) is 5. The zero-order valence-corrected chi connectivity index (χ0v) is 10.1. The summed E-state index contributed by atoms with van der Waals surface area (Å²) in [6, 6.07) is 1.80. The molecule has 20 heavy (non-hydrogen) atoms. The minimum absolute atomic E-state index is 0.355. The quantitative estimate of drug-likeness (QED) is 0.290. The van der Waals surface area contributed by atoms with Gasteiger partial charge in [0.15, 0.2) is 17.7 Å². The Hall–Kier alpha value is -2.52. The second kappa shape index (κ2) is 5.63. The van der Waals surface area contributed by atoms with Crippen LogP contribution in [-0.2, 0) is 6.18 Å². The SMILES string of the molecule is CC(Oc1ccc(C(F)(F)F)cc1[N+](=O)[O-])/C(N)=N/O. The van der Waals surface area contributed by atoms with Gasteiger partial charge in [-0.1, -0.05) is 5.16 Å². The number of hydrogen-bond donors (Lipinski definition) is 2. The Kier molecular flexibility index (Phi) is 4.38. The van der Waals surface area contributed by atoms with Crippen molar-refractivity contribution in [3.05, 3.63) is 33.9 Å². The Bertz CT molecular complexity index is 545. The van der Waals surface area contributed by atoms with Gasteiger partial charge in [-0.25, -0.2) is 0 Å². The first-order chi connectivity index (χ1) is 9.16. The average Bonchev–Trinajstić information content (AvgIpc) is 2.36. The number of benzene rings is 1. The van der Waals surface area contributed by atoms with Crippen molar-refractivity contribution in [2.45, 2.75) is 19.2 Å². The van der Waals surface area contributed by atoms with Crippen LogP contribution in [-0.4, -0.2) is 22.1 Å². The van der Waals surface area contributed by atoms with E-state index in [0.717, 1.165) is 6.07 Å². The summed E-state index contributed by atoms with van der Waals surface area (Å²) in [5.41, 5.74) is 3.18. The summed E-state index contributed by atoms with van der Waals surface area (Å²) in [5, 5.41) is 21.8. The molecule has 110 valence electrons. The van der Waals surface area contributed by atoms with Gasteiger partial charge in [0.1, 0.15) is 0 Å². The van der Waals surface area contributed by atoms with E-state index in [-0.39, 0.29) is 5.84 Å². The molecule has 10 heteroatoms. The summed E-state index contributed by atoms with van der Waals surface area (Å²) in [5.74, 6) is -0.790. The largest absolute Gasteiger partial charge is 0.476 e. The number of oxime groups is 1. The van der Waals surface area contributed by atoms with Gasteiger partial charge in [-0.2, -0.15) is 13.2 Å². The van der Waals surface area contributed by atoms with E-state index in [0.29, 0.717) is 12.1 Å². The van der Waals surface area contributed by atoms with E-state index in [9.17, 15) is 23.3 Å². The molecule has 0 spiro atoms. The lowest BCUT2D eigenvalue weighted by atomic mass is 10.2. The predicted octanol–water partition coefficient (Wildman–Crippen LogP) is 2.13. The summed E-state index contributed by atoms with van der Waals surface area (Å²) in [6.45, 7) is 1.32. The molecule has 0 saturated carbocycles. The molecule has 1 aromatic rings. The first-order valence-corrected chi connectivity index (χ1v) is 5.16. The lowest BCUT2D eigenvalue weighted by Gasteiger charge is -2.14. The zero-order valence-electron chi connectivity index (χ0n) is 10.1. The topological polar surface area (TPSA) is 111 Å². The third-order valence-corrected chi connectivity index (χ3v) is 2.32. The minimum Gasteiger partial charge on any atom is -0.476 e. The maximum Gasteiger partial charge on any atom is 0.416 e. The van der Waals surface area contributed by atoms with Crippen molar-refractivity contribution < 1.29 is 28.0 Å². The highest BCUT2D eigenvalue weighted by Crippen LogP contribution is 2.36. The summed E-state index contributed by atoms with van der Waals surface area (Å²) >= 11 is 0. The number of nitrogens with two attached hydrogens (primary N) is 1. The minimum atomic E-state index is -4.71. The highest BCUT2D eigenvalue weighted by atomic mass is 19.4. The van der Waals surface area contributed by atoms with Crippen molar-refractivity contribution in [3.63, 3.8) is 0 Å². The van der Waals surface area contributed by atoms with Gasteiger partial charge in [-0.05, 0) is 19.1 Å². The highest BCUT2D eigenvalue weighted by Gasteiger charge is 2.33. The summed E-state index contributed by atoms with van der Waals surface area (Å²) in [7, 11) is 0. The number of halogens is 3. The molecule has 0 fully saturated rings. The molecule has 3 N–H and O–H groups in total. The third-order valence-electron chi connectivity index (χ3n) is 2.32. The van der Waals surface area contributed by atoms with E-state index < -0.39 is 34.2 Å². The Morgan fingerprint density at radius 2 is 2.15 bits per heavy atom.